The van der Waals surface area contributed by atoms with Gasteiger partial charge in [-0.3, -0.25) is 0 Å². The Labute approximate surface area is 74.7 Å². The van der Waals surface area contributed by atoms with Gasteiger partial charge in [0.2, 0.25) is 0 Å². The zero-order valence-electron chi connectivity index (χ0n) is 6.93. The van der Waals surface area contributed by atoms with E-state index in [1.54, 1.807) is 6.07 Å². The van der Waals surface area contributed by atoms with Gasteiger partial charge in [0.25, 0.3) is 0 Å². The van der Waals surface area contributed by atoms with Crippen molar-refractivity contribution in [3.63, 3.8) is 0 Å². The monoisotopic (exact) mass is 180 g/mol. The van der Waals surface area contributed by atoms with Crippen molar-refractivity contribution >= 4 is 0 Å². The van der Waals surface area contributed by atoms with Crippen LogP contribution in [0.4, 0.5) is 8.78 Å². The summed E-state index contributed by atoms with van der Waals surface area (Å²) in [4.78, 5) is 0. The van der Waals surface area contributed by atoms with Crippen molar-refractivity contribution in [3.8, 4) is 12.1 Å². The van der Waals surface area contributed by atoms with E-state index in [2.05, 4.69) is 6.58 Å². The van der Waals surface area contributed by atoms with Gasteiger partial charge < -0.3 is 0 Å². The van der Waals surface area contributed by atoms with Crippen LogP contribution in [0.15, 0.2) is 35.5 Å². The van der Waals surface area contributed by atoms with Gasteiger partial charge in [-0.15, -0.1) is 0 Å². The summed E-state index contributed by atoms with van der Waals surface area (Å²) in [6.07, 6.45) is 0.640. The number of hydrogen-bond acceptors (Lipinski definition) is 2. The van der Waals surface area contributed by atoms with E-state index in [0.29, 0.717) is 6.08 Å². The van der Waals surface area contributed by atoms with Crippen LogP contribution in [0, 0.1) is 22.7 Å². The molecule has 0 aromatic rings. The lowest BCUT2D eigenvalue weighted by Gasteiger charge is -1.92. The minimum Gasteiger partial charge on any atom is -0.209 e. The number of allylic oxidation sites excluding steroid dienone is 5. The molecular weight excluding hydrogens is 174 g/mol. The van der Waals surface area contributed by atoms with E-state index in [4.69, 9.17) is 10.5 Å². The maximum absolute atomic E-state index is 12.6. The molecule has 0 spiro atoms. The highest BCUT2D eigenvalue weighted by Crippen LogP contribution is 2.14. The second-order valence-corrected chi connectivity index (χ2v) is 2.14. The Morgan fingerprint density at radius 2 is 1.85 bits per heavy atom. The van der Waals surface area contributed by atoms with Crippen molar-refractivity contribution < 1.29 is 8.78 Å². The molecule has 4 heteroatoms. The Hall–Kier alpha value is -1.94. The van der Waals surface area contributed by atoms with Crippen molar-refractivity contribution in [1.82, 2.24) is 0 Å². The summed E-state index contributed by atoms with van der Waals surface area (Å²) in [5.41, 5.74) is -0.476. The van der Waals surface area contributed by atoms with Crippen LogP contribution in [-0.2, 0) is 0 Å². The van der Waals surface area contributed by atoms with Crippen molar-refractivity contribution in [3.05, 3.63) is 35.5 Å². The first kappa shape index (κ1) is 11.1. The summed E-state index contributed by atoms with van der Waals surface area (Å²) in [7, 11) is 0. The van der Waals surface area contributed by atoms with Gasteiger partial charge in [0.1, 0.15) is 11.9 Å². The minimum absolute atomic E-state index is 0.195. The zero-order valence-corrected chi connectivity index (χ0v) is 6.93. The summed E-state index contributed by atoms with van der Waals surface area (Å²) in [6, 6.07) is 3.10. The Kier molecular flexibility index (Phi) is 4.12. The molecule has 0 fully saturated rings. The Bertz CT molecular complexity index is 360. The Balaban J connectivity index is 5.07. The SMILES string of the molecule is C=C(C#N)/C(C#N)=C\C(F)=C(/C)F. The fraction of sp³-hybridized carbons (Fsp3) is 0.111. The highest BCUT2D eigenvalue weighted by Gasteiger charge is 2.04. The van der Waals surface area contributed by atoms with Gasteiger partial charge in [-0.25, -0.2) is 8.78 Å². The molecule has 0 radical (unpaired) electrons. The van der Waals surface area contributed by atoms with Crippen LogP contribution in [0.3, 0.4) is 0 Å². The van der Waals surface area contributed by atoms with Crippen molar-refractivity contribution in [2.24, 2.45) is 0 Å². The minimum atomic E-state index is -1.17. The largest absolute Gasteiger partial charge is 0.209 e. The molecule has 0 rings (SSSR count). The van der Waals surface area contributed by atoms with Crippen LogP contribution in [-0.4, -0.2) is 0 Å². The van der Waals surface area contributed by atoms with Gasteiger partial charge in [-0.05, 0) is 13.0 Å². The molecule has 0 bridgehead atoms. The number of nitriles is 2. The van der Waals surface area contributed by atoms with Crippen molar-refractivity contribution in [1.29, 1.82) is 10.5 Å². The first-order chi connectivity index (χ1) is 6.02. The smallest absolute Gasteiger partial charge is 0.155 e. The first-order valence-corrected chi connectivity index (χ1v) is 3.26. The highest BCUT2D eigenvalue weighted by molar-refractivity contribution is 5.50. The van der Waals surface area contributed by atoms with Crippen LogP contribution < -0.4 is 0 Å². The molecule has 0 amide bonds. The van der Waals surface area contributed by atoms with Gasteiger partial charge in [-0.1, -0.05) is 6.58 Å². The molecule has 0 unspecified atom stereocenters. The average molecular weight is 180 g/mol. The second-order valence-electron chi connectivity index (χ2n) is 2.14. The lowest BCUT2D eigenvalue weighted by molar-refractivity contribution is 0.555. The average Bonchev–Trinajstić information content (AvgIpc) is 2.12. The van der Waals surface area contributed by atoms with E-state index in [1.807, 2.05) is 0 Å². The standard InChI is InChI=1S/C9H6F2N2/c1-6(4-12)8(5-13)3-9(11)7(2)10/h3H,1H2,2H3/b8-3-,9-7-. The summed E-state index contributed by atoms with van der Waals surface area (Å²) >= 11 is 0. The zero-order chi connectivity index (χ0) is 10.4. The molecule has 0 saturated carbocycles. The lowest BCUT2D eigenvalue weighted by Crippen LogP contribution is -1.83. The number of hydrogen-bond donors (Lipinski definition) is 0. The predicted molar refractivity (Wildman–Crippen MR) is 43.4 cm³/mol. The summed E-state index contributed by atoms with van der Waals surface area (Å²) < 4.78 is 24.8. The molecular formula is C9H6F2N2. The lowest BCUT2D eigenvalue weighted by atomic mass is 10.1. The van der Waals surface area contributed by atoms with Crippen LogP contribution in [0.1, 0.15) is 6.92 Å². The van der Waals surface area contributed by atoms with Crippen LogP contribution in [0.5, 0.6) is 0 Å². The molecule has 66 valence electrons. The molecule has 0 aromatic carbocycles. The third-order valence-electron chi connectivity index (χ3n) is 1.18. The topological polar surface area (TPSA) is 47.6 Å². The molecule has 0 aliphatic rings. The number of nitrogens with zero attached hydrogens (tertiary/aromatic N) is 2. The molecule has 0 aliphatic heterocycles. The highest BCUT2D eigenvalue weighted by atomic mass is 19.2. The van der Waals surface area contributed by atoms with E-state index in [-0.39, 0.29) is 11.1 Å². The molecule has 13 heavy (non-hydrogen) atoms. The third kappa shape index (κ3) is 3.31. The predicted octanol–water partition coefficient (Wildman–Crippen LogP) is 2.69. The molecule has 0 aliphatic carbocycles. The van der Waals surface area contributed by atoms with E-state index < -0.39 is 11.7 Å². The normalized spacial score (nSPS) is 12.5. The quantitative estimate of drug-likeness (QED) is 0.484. The van der Waals surface area contributed by atoms with E-state index in [9.17, 15) is 8.78 Å². The Morgan fingerprint density at radius 3 is 2.15 bits per heavy atom. The third-order valence-corrected chi connectivity index (χ3v) is 1.18. The summed E-state index contributed by atoms with van der Waals surface area (Å²) in [6.45, 7) is 4.11. The van der Waals surface area contributed by atoms with E-state index >= 15 is 0 Å². The number of halogens is 2. The van der Waals surface area contributed by atoms with Crippen molar-refractivity contribution in [2.45, 2.75) is 6.92 Å². The maximum Gasteiger partial charge on any atom is 0.155 e. The van der Waals surface area contributed by atoms with Gasteiger partial charge >= 0.3 is 0 Å². The molecule has 0 N–H and O–H groups in total. The van der Waals surface area contributed by atoms with Crippen LogP contribution >= 0.6 is 0 Å². The van der Waals surface area contributed by atoms with Crippen molar-refractivity contribution in [2.75, 3.05) is 0 Å². The van der Waals surface area contributed by atoms with Gasteiger partial charge in [0, 0.05) is 0 Å². The maximum atomic E-state index is 12.6. The van der Waals surface area contributed by atoms with Gasteiger partial charge in [-0.2, -0.15) is 10.5 Å². The summed E-state index contributed by atoms with van der Waals surface area (Å²) in [5.74, 6) is -2.22. The van der Waals surface area contributed by atoms with Gasteiger partial charge in [0.05, 0.1) is 17.2 Å². The van der Waals surface area contributed by atoms with E-state index in [1.165, 1.54) is 6.07 Å². The molecule has 2 nitrogen and oxygen atoms in total. The number of rotatable bonds is 2. The summed E-state index contributed by atoms with van der Waals surface area (Å²) in [5, 5.41) is 16.7. The fourth-order valence-corrected chi connectivity index (χ4v) is 0.473. The Morgan fingerprint density at radius 1 is 1.31 bits per heavy atom. The molecule has 0 heterocycles. The fourth-order valence-electron chi connectivity index (χ4n) is 0.473. The molecule has 0 saturated heterocycles. The van der Waals surface area contributed by atoms with E-state index in [0.717, 1.165) is 6.92 Å². The van der Waals surface area contributed by atoms with Gasteiger partial charge in [0.15, 0.2) is 5.83 Å². The first-order valence-electron chi connectivity index (χ1n) is 3.26. The van der Waals surface area contributed by atoms with Crippen LogP contribution in [0.2, 0.25) is 0 Å². The molecule has 0 aromatic heterocycles. The van der Waals surface area contributed by atoms with Crippen LogP contribution in [0.25, 0.3) is 0 Å². The molecule has 0 atom stereocenters. The second kappa shape index (κ2) is 4.84.